The van der Waals surface area contributed by atoms with Gasteiger partial charge in [-0.2, -0.15) is 0 Å². The van der Waals surface area contributed by atoms with E-state index in [2.05, 4.69) is 0 Å². The molecule has 1 aromatic carbocycles. The second-order valence-corrected chi connectivity index (χ2v) is 5.55. The molecule has 0 aromatic heterocycles. The van der Waals surface area contributed by atoms with Crippen LogP contribution in [0.25, 0.3) is 0 Å². The van der Waals surface area contributed by atoms with Crippen molar-refractivity contribution in [3.8, 4) is 0 Å². The van der Waals surface area contributed by atoms with E-state index < -0.39 is 15.7 Å². The Morgan fingerprint density at radius 3 is 2.82 bits per heavy atom. The first-order chi connectivity index (χ1) is 8.18. The number of methoxy groups -OCH3 is 1. The maximum atomic E-state index is 12.6. The van der Waals surface area contributed by atoms with Gasteiger partial charge in [0.2, 0.25) is 0 Å². The van der Waals surface area contributed by atoms with Gasteiger partial charge < -0.3 is 10.5 Å². The third-order valence-corrected chi connectivity index (χ3v) is 4.51. The normalized spacial score (nSPS) is 24.8. The molecule has 2 atom stereocenters. The molecule has 2 N–H and O–H groups in total. The zero-order valence-corrected chi connectivity index (χ0v) is 10.4. The van der Waals surface area contributed by atoms with Crippen LogP contribution in [-0.2, 0) is 15.5 Å². The lowest BCUT2D eigenvalue weighted by Crippen LogP contribution is -2.34. The predicted molar refractivity (Wildman–Crippen MR) is 69.9 cm³/mol. The summed E-state index contributed by atoms with van der Waals surface area (Å²) in [5, 5.41) is 0. The van der Waals surface area contributed by atoms with Crippen LogP contribution in [0.2, 0.25) is 0 Å². The molecule has 1 aliphatic rings. The van der Waals surface area contributed by atoms with Crippen LogP contribution in [0.4, 0.5) is 5.69 Å². The monoisotopic (exact) mass is 249 g/mol. The van der Waals surface area contributed by atoms with Crippen LogP contribution in [-0.4, -0.2) is 16.3 Å². The van der Waals surface area contributed by atoms with E-state index in [9.17, 15) is 4.21 Å². The summed E-state index contributed by atoms with van der Waals surface area (Å²) in [4.78, 5) is -0.0884. The number of benzene rings is 1. The molecular weight excluding hydrogens is 234 g/mol. The highest BCUT2D eigenvalue weighted by atomic mass is 32.2. The Hall–Kier alpha value is -1.39. The maximum absolute atomic E-state index is 12.6. The molecule has 2 rings (SSSR count). The fourth-order valence-electron chi connectivity index (χ4n) is 1.77. The van der Waals surface area contributed by atoms with E-state index >= 15 is 0 Å². The van der Waals surface area contributed by atoms with Gasteiger partial charge in [0, 0.05) is 24.1 Å². The Bertz CT molecular complexity index is 496. The molecule has 0 bridgehead atoms. The molecule has 0 heterocycles. The zero-order valence-electron chi connectivity index (χ0n) is 9.63. The van der Waals surface area contributed by atoms with Crippen LogP contribution in [0.3, 0.4) is 0 Å². The van der Waals surface area contributed by atoms with E-state index in [1.165, 1.54) is 0 Å². The summed E-state index contributed by atoms with van der Waals surface area (Å²) in [6, 6.07) is 7.10. The number of hydrogen-bond donors (Lipinski definition) is 1. The topological polar surface area (TPSA) is 52.3 Å². The summed E-state index contributed by atoms with van der Waals surface area (Å²) in [6.07, 6.45) is 8.17. The minimum atomic E-state index is -1.28. The number of rotatable bonds is 3. The van der Waals surface area contributed by atoms with E-state index in [4.69, 9.17) is 10.5 Å². The first-order valence-electron chi connectivity index (χ1n) is 5.35. The van der Waals surface area contributed by atoms with Gasteiger partial charge in [-0.15, -0.1) is 0 Å². The Morgan fingerprint density at radius 2 is 2.24 bits per heavy atom. The van der Waals surface area contributed by atoms with Gasteiger partial charge in [-0.25, -0.2) is 0 Å². The van der Waals surface area contributed by atoms with Crippen molar-refractivity contribution in [2.75, 3.05) is 12.8 Å². The number of allylic oxidation sites excluding steroid dienone is 2. The van der Waals surface area contributed by atoms with Gasteiger partial charge in [0.25, 0.3) is 0 Å². The van der Waals surface area contributed by atoms with Crippen molar-refractivity contribution in [1.82, 2.24) is 0 Å². The highest BCUT2D eigenvalue weighted by Gasteiger charge is 2.35. The molecule has 0 fully saturated rings. The third kappa shape index (κ3) is 2.33. The zero-order chi connectivity index (χ0) is 12.3. The van der Waals surface area contributed by atoms with E-state index in [1.54, 1.807) is 31.4 Å². The SMILES string of the molecule is COC1(S(=O)c2cccc(N)c2)C=CC=CC1. The molecule has 1 aromatic rings. The maximum Gasteiger partial charge on any atom is 0.169 e. The molecule has 0 spiro atoms. The predicted octanol–water partition coefficient (Wildman–Crippen LogP) is 2.24. The van der Waals surface area contributed by atoms with Crippen molar-refractivity contribution in [1.29, 1.82) is 0 Å². The molecular formula is C13H15NO2S. The summed E-state index contributed by atoms with van der Waals surface area (Å²) in [6.45, 7) is 0. The highest BCUT2D eigenvalue weighted by Crippen LogP contribution is 2.30. The summed E-state index contributed by atoms with van der Waals surface area (Å²) < 4.78 is 18.0. The molecule has 3 nitrogen and oxygen atoms in total. The summed E-state index contributed by atoms with van der Waals surface area (Å²) in [5.41, 5.74) is 6.31. The largest absolute Gasteiger partial charge is 0.399 e. The van der Waals surface area contributed by atoms with Crippen LogP contribution in [0.1, 0.15) is 6.42 Å². The number of ether oxygens (including phenoxy) is 1. The van der Waals surface area contributed by atoms with Crippen molar-refractivity contribution < 1.29 is 8.95 Å². The molecule has 0 aliphatic heterocycles. The quantitative estimate of drug-likeness (QED) is 0.836. The second-order valence-electron chi connectivity index (χ2n) is 3.85. The minimum Gasteiger partial charge on any atom is -0.399 e. The Labute approximate surface area is 103 Å². The minimum absolute atomic E-state index is 0.599. The molecule has 0 amide bonds. The number of anilines is 1. The lowest BCUT2D eigenvalue weighted by molar-refractivity contribution is 0.108. The molecule has 17 heavy (non-hydrogen) atoms. The average Bonchev–Trinajstić information content (AvgIpc) is 2.38. The number of nitrogens with two attached hydrogens (primary N) is 1. The standard InChI is InChI=1S/C13H15NO2S/c1-16-13(8-3-2-4-9-13)17(15)12-7-5-6-11(14)10-12/h2-8,10H,9,14H2,1H3. The Balaban J connectivity index is 2.36. The fourth-order valence-corrected chi connectivity index (χ4v) is 3.22. The number of nitrogen functional groups attached to an aromatic ring is 1. The lowest BCUT2D eigenvalue weighted by atomic mass is 10.1. The molecule has 4 heteroatoms. The second kappa shape index (κ2) is 4.85. The van der Waals surface area contributed by atoms with E-state index in [1.807, 2.05) is 24.3 Å². The van der Waals surface area contributed by atoms with Gasteiger partial charge >= 0.3 is 0 Å². The van der Waals surface area contributed by atoms with Gasteiger partial charge in [0.15, 0.2) is 4.93 Å². The van der Waals surface area contributed by atoms with E-state index in [0.717, 1.165) is 0 Å². The molecule has 0 radical (unpaired) electrons. The summed E-state index contributed by atoms with van der Waals surface area (Å²) in [5.74, 6) is 0. The third-order valence-electron chi connectivity index (χ3n) is 2.73. The molecule has 0 saturated heterocycles. The van der Waals surface area contributed by atoms with Gasteiger partial charge in [-0.1, -0.05) is 24.3 Å². The van der Waals surface area contributed by atoms with Crippen molar-refractivity contribution >= 4 is 16.5 Å². The van der Waals surface area contributed by atoms with Gasteiger partial charge in [-0.05, 0) is 24.3 Å². The molecule has 90 valence electrons. The summed E-state index contributed by atoms with van der Waals surface area (Å²) >= 11 is 0. The van der Waals surface area contributed by atoms with E-state index in [0.29, 0.717) is 17.0 Å². The first kappa shape index (κ1) is 12.1. The van der Waals surface area contributed by atoms with Crippen LogP contribution >= 0.6 is 0 Å². The van der Waals surface area contributed by atoms with Crippen molar-refractivity contribution in [3.63, 3.8) is 0 Å². The van der Waals surface area contributed by atoms with Crippen LogP contribution in [0, 0.1) is 0 Å². The Kier molecular flexibility index (Phi) is 3.45. The van der Waals surface area contributed by atoms with Crippen LogP contribution < -0.4 is 5.73 Å². The van der Waals surface area contributed by atoms with Crippen molar-refractivity contribution in [2.24, 2.45) is 0 Å². The van der Waals surface area contributed by atoms with Crippen molar-refractivity contribution in [3.05, 3.63) is 48.6 Å². The smallest absolute Gasteiger partial charge is 0.169 e. The van der Waals surface area contributed by atoms with Crippen LogP contribution in [0.15, 0.2) is 53.5 Å². The van der Waals surface area contributed by atoms with Gasteiger partial charge in [-0.3, -0.25) is 4.21 Å². The number of hydrogen-bond acceptors (Lipinski definition) is 3. The molecule has 0 saturated carbocycles. The summed E-state index contributed by atoms with van der Waals surface area (Å²) in [7, 11) is 0.298. The van der Waals surface area contributed by atoms with Gasteiger partial charge in [0.05, 0.1) is 10.8 Å². The van der Waals surface area contributed by atoms with Crippen LogP contribution in [0.5, 0.6) is 0 Å². The molecule has 1 aliphatic carbocycles. The van der Waals surface area contributed by atoms with E-state index in [-0.39, 0.29) is 0 Å². The highest BCUT2D eigenvalue weighted by molar-refractivity contribution is 7.86. The average molecular weight is 249 g/mol. The lowest BCUT2D eigenvalue weighted by Gasteiger charge is -2.28. The first-order valence-corrected chi connectivity index (χ1v) is 6.50. The van der Waals surface area contributed by atoms with Gasteiger partial charge in [0.1, 0.15) is 0 Å². The van der Waals surface area contributed by atoms with Crippen molar-refractivity contribution in [2.45, 2.75) is 16.2 Å². The Morgan fingerprint density at radius 1 is 1.41 bits per heavy atom. The fraction of sp³-hybridized carbons (Fsp3) is 0.231. The molecule has 2 unspecified atom stereocenters.